The van der Waals surface area contributed by atoms with E-state index in [0.717, 1.165) is 35.2 Å². The van der Waals surface area contributed by atoms with Crippen molar-refractivity contribution < 1.29 is 14.3 Å². The Morgan fingerprint density at radius 2 is 2.00 bits per heavy atom. The standard InChI is InChI=1S/C23H24N2O3S/c1-4-28-22(27)19-18(25-20(26)14-8-6-5-7-9-14)16-12-15-13-23(2,3)11-10-17(15)24-21(16)29-19/h5-9,12H,4,10-11,13H2,1-3H3,(H,25,26). The number of carbonyl (C=O) groups is 2. The average Bonchev–Trinajstić information content (AvgIpc) is 3.04. The molecule has 2 heterocycles. The smallest absolute Gasteiger partial charge is 0.350 e. The Labute approximate surface area is 174 Å². The molecular formula is C23H24N2O3S. The molecule has 0 saturated carbocycles. The number of fused-ring (bicyclic) bond motifs is 2. The number of nitrogens with zero attached hydrogens (tertiary/aromatic N) is 1. The molecule has 5 nitrogen and oxygen atoms in total. The molecule has 150 valence electrons. The number of aryl methyl sites for hydroxylation is 1. The van der Waals surface area contributed by atoms with Crippen molar-refractivity contribution in [2.24, 2.45) is 5.41 Å². The van der Waals surface area contributed by atoms with Crippen molar-refractivity contribution >= 4 is 39.1 Å². The number of thiophene rings is 1. The van der Waals surface area contributed by atoms with Crippen LogP contribution in [-0.4, -0.2) is 23.5 Å². The molecule has 0 saturated heterocycles. The molecule has 1 aliphatic rings. The molecule has 0 atom stereocenters. The number of pyridine rings is 1. The Morgan fingerprint density at radius 1 is 1.24 bits per heavy atom. The first-order chi connectivity index (χ1) is 13.9. The van der Waals surface area contributed by atoms with E-state index in [1.807, 2.05) is 18.2 Å². The summed E-state index contributed by atoms with van der Waals surface area (Å²) in [5, 5.41) is 3.75. The summed E-state index contributed by atoms with van der Waals surface area (Å²) in [6.07, 6.45) is 2.95. The molecule has 1 amide bonds. The zero-order valence-electron chi connectivity index (χ0n) is 16.9. The second kappa shape index (κ2) is 7.59. The summed E-state index contributed by atoms with van der Waals surface area (Å²) >= 11 is 1.28. The van der Waals surface area contributed by atoms with Gasteiger partial charge >= 0.3 is 5.97 Å². The van der Waals surface area contributed by atoms with Gasteiger partial charge in [0.25, 0.3) is 5.91 Å². The van der Waals surface area contributed by atoms with Crippen LogP contribution in [0.3, 0.4) is 0 Å². The quantitative estimate of drug-likeness (QED) is 0.600. The first-order valence-corrected chi connectivity index (χ1v) is 10.7. The third kappa shape index (κ3) is 3.90. The highest BCUT2D eigenvalue weighted by atomic mass is 32.1. The van der Waals surface area contributed by atoms with E-state index in [9.17, 15) is 9.59 Å². The lowest BCUT2D eigenvalue weighted by Crippen LogP contribution is -2.22. The molecular weight excluding hydrogens is 384 g/mol. The van der Waals surface area contributed by atoms with Gasteiger partial charge in [-0.15, -0.1) is 11.3 Å². The van der Waals surface area contributed by atoms with Crippen LogP contribution in [-0.2, 0) is 17.6 Å². The number of amides is 1. The number of aromatic nitrogens is 1. The lowest BCUT2D eigenvalue weighted by molar-refractivity contribution is 0.0533. The van der Waals surface area contributed by atoms with Crippen LogP contribution in [0.25, 0.3) is 10.2 Å². The van der Waals surface area contributed by atoms with E-state index in [2.05, 4.69) is 25.2 Å². The fourth-order valence-corrected chi connectivity index (χ4v) is 4.80. The molecule has 1 aliphatic carbocycles. The fourth-order valence-electron chi connectivity index (χ4n) is 3.77. The van der Waals surface area contributed by atoms with Crippen LogP contribution in [0.2, 0.25) is 0 Å². The van der Waals surface area contributed by atoms with E-state index < -0.39 is 5.97 Å². The zero-order valence-corrected chi connectivity index (χ0v) is 17.7. The van der Waals surface area contributed by atoms with Crippen LogP contribution in [0.15, 0.2) is 36.4 Å². The van der Waals surface area contributed by atoms with Crippen molar-refractivity contribution in [3.63, 3.8) is 0 Å². The molecule has 0 bridgehead atoms. The van der Waals surface area contributed by atoms with Crippen molar-refractivity contribution in [2.75, 3.05) is 11.9 Å². The molecule has 29 heavy (non-hydrogen) atoms. The van der Waals surface area contributed by atoms with Gasteiger partial charge in [0.1, 0.15) is 9.71 Å². The minimum Gasteiger partial charge on any atom is -0.462 e. The maximum Gasteiger partial charge on any atom is 0.350 e. The Kier molecular flexibility index (Phi) is 5.13. The van der Waals surface area contributed by atoms with E-state index >= 15 is 0 Å². The SMILES string of the molecule is CCOC(=O)c1sc2nc3c(cc2c1NC(=O)c1ccccc1)CC(C)(C)CC3. The minimum atomic E-state index is -0.433. The second-order valence-corrected chi connectivity index (χ2v) is 9.13. The van der Waals surface area contributed by atoms with Crippen molar-refractivity contribution in [2.45, 2.75) is 40.0 Å². The van der Waals surface area contributed by atoms with Gasteiger partial charge in [0.05, 0.1) is 12.3 Å². The van der Waals surface area contributed by atoms with Gasteiger partial charge < -0.3 is 10.1 Å². The van der Waals surface area contributed by atoms with Gasteiger partial charge in [-0.1, -0.05) is 32.0 Å². The number of benzene rings is 1. The van der Waals surface area contributed by atoms with Gasteiger partial charge in [-0.25, -0.2) is 9.78 Å². The van der Waals surface area contributed by atoms with Gasteiger partial charge in [-0.05, 0) is 55.4 Å². The van der Waals surface area contributed by atoms with Gasteiger partial charge in [-0.2, -0.15) is 0 Å². The van der Waals surface area contributed by atoms with Crippen molar-refractivity contribution in [1.29, 1.82) is 0 Å². The molecule has 4 rings (SSSR count). The highest BCUT2D eigenvalue weighted by Crippen LogP contribution is 2.41. The van der Waals surface area contributed by atoms with Crippen molar-refractivity contribution in [3.05, 3.63) is 58.1 Å². The normalized spacial score (nSPS) is 15.0. The average molecular weight is 409 g/mol. The first kappa shape index (κ1) is 19.6. The van der Waals surface area contributed by atoms with Gasteiger partial charge in [0.15, 0.2) is 0 Å². The lowest BCUT2D eigenvalue weighted by Gasteiger charge is -2.30. The number of carbonyl (C=O) groups excluding carboxylic acids is 2. The third-order valence-corrected chi connectivity index (χ3v) is 6.37. The first-order valence-electron chi connectivity index (χ1n) is 9.87. The molecule has 0 spiro atoms. The number of hydrogen-bond donors (Lipinski definition) is 1. The Morgan fingerprint density at radius 3 is 2.72 bits per heavy atom. The lowest BCUT2D eigenvalue weighted by atomic mass is 9.76. The fraction of sp³-hybridized carbons (Fsp3) is 0.348. The zero-order chi connectivity index (χ0) is 20.6. The summed E-state index contributed by atoms with van der Waals surface area (Å²) < 4.78 is 5.24. The van der Waals surface area contributed by atoms with Crippen LogP contribution in [0.5, 0.6) is 0 Å². The van der Waals surface area contributed by atoms with E-state index in [0.29, 0.717) is 16.1 Å². The van der Waals surface area contributed by atoms with Crippen LogP contribution < -0.4 is 5.32 Å². The van der Waals surface area contributed by atoms with Crippen LogP contribution in [0.4, 0.5) is 5.69 Å². The molecule has 1 aromatic carbocycles. The third-order valence-electron chi connectivity index (χ3n) is 5.29. The highest BCUT2D eigenvalue weighted by molar-refractivity contribution is 7.21. The molecule has 0 fully saturated rings. The Hall–Kier alpha value is -2.73. The predicted octanol–water partition coefficient (Wildman–Crippen LogP) is 5.24. The van der Waals surface area contributed by atoms with E-state index in [1.54, 1.807) is 19.1 Å². The van der Waals surface area contributed by atoms with Crippen LogP contribution >= 0.6 is 11.3 Å². The van der Waals surface area contributed by atoms with Crippen molar-refractivity contribution in [3.8, 4) is 0 Å². The van der Waals surface area contributed by atoms with Crippen LogP contribution in [0, 0.1) is 5.41 Å². The molecule has 2 aromatic heterocycles. The molecule has 6 heteroatoms. The van der Waals surface area contributed by atoms with Crippen molar-refractivity contribution in [1.82, 2.24) is 4.98 Å². The molecule has 1 N–H and O–H groups in total. The summed E-state index contributed by atoms with van der Waals surface area (Å²) in [5.41, 5.74) is 3.53. The predicted molar refractivity (Wildman–Crippen MR) is 116 cm³/mol. The maximum absolute atomic E-state index is 12.8. The highest BCUT2D eigenvalue weighted by Gasteiger charge is 2.29. The van der Waals surface area contributed by atoms with Gasteiger partial charge in [-0.3, -0.25) is 4.79 Å². The largest absolute Gasteiger partial charge is 0.462 e. The number of hydrogen-bond acceptors (Lipinski definition) is 5. The van der Waals surface area contributed by atoms with E-state index in [-0.39, 0.29) is 17.9 Å². The van der Waals surface area contributed by atoms with Gasteiger partial charge in [0, 0.05) is 16.6 Å². The molecule has 3 aromatic rings. The molecule has 0 aliphatic heterocycles. The Balaban J connectivity index is 1.81. The number of rotatable bonds is 4. The molecule has 0 unspecified atom stereocenters. The second-order valence-electron chi connectivity index (χ2n) is 8.13. The Bertz CT molecular complexity index is 1090. The summed E-state index contributed by atoms with van der Waals surface area (Å²) in [6, 6.07) is 11.1. The minimum absolute atomic E-state index is 0.218. The number of ether oxygens (including phenoxy) is 1. The number of nitrogens with one attached hydrogen (secondary N) is 1. The van der Waals surface area contributed by atoms with Crippen LogP contribution in [0.1, 0.15) is 58.5 Å². The van der Waals surface area contributed by atoms with E-state index in [1.165, 1.54) is 16.9 Å². The summed E-state index contributed by atoms with van der Waals surface area (Å²) in [4.78, 5) is 31.4. The van der Waals surface area contributed by atoms with Gasteiger partial charge in [0.2, 0.25) is 0 Å². The monoisotopic (exact) mass is 408 g/mol. The number of anilines is 1. The summed E-state index contributed by atoms with van der Waals surface area (Å²) in [6.45, 7) is 6.57. The maximum atomic E-state index is 12.8. The summed E-state index contributed by atoms with van der Waals surface area (Å²) in [5.74, 6) is -0.689. The van der Waals surface area contributed by atoms with E-state index in [4.69, 9.17) is 9.72 Å². The molecule has 0 radical (unpaired) electrons. The topological polar surface area (TPSA) is 68.3 Å². The number of esters is 1. The summed E-state index contributed by atoms with van der Waals surface area (Å²) in [7, 11) is 0.